The van der Waals surface area contributed by atoms with Crippen molar-refractivity contribution in [3.8, 4) is 0 Å². The van der Waals surface area contributed by atoms with Gasteiger partial charge >= 0.3 is 6.09 Å². The van der Waals surface area contributed by atoms with Crippen molar-refractivity contribution < 1.29 is 9.53 Å². The molecule has 1 aliphatic rings. The van der Waals surface area contributed by atoms with Crippen molar-refractivity contribution in [2.45, 2.75) is 39.7 Å². The Labute approximate surface area is 189 Å². The van der Waals surface area contributed by atoms with E-state index in [0.717, 1.165) is 11.9 Å². The number of ether oxygens (including phenoxy) is 1. The summed E-state index contributed by atoms with van der Waals surface area (Å²) in [5.41, 5.74) is 9.35. The quantitative estimate of drug-likeness (QED) is 0.374. The molecule has 0 radical (unpaired) electrons. The number of aliphatic imine (C=N–C) groups is 1. The maximum absolute atomic E-state index is 12.1. The summed E-state index contributed by atoms with van der Waals surface area (Å²) in [7, 11) is 0. The van der Waals surface area contributed by atoms with E-state index in [2.05, 4.69) is 41.3 Å². The Bertz CT molecular complexity index is 864. The summed E-state index contributed by atoms with van der Waals surface area (Å²) in [5, 5.41) is 1.24. The van der Waals surface area contributed by atoms with Crippen LogP contribution < -0.4 is 5.73 Å². The summed E-state index contributed by atoms with van der Waals surface area (Å²) in [4.78, 5) is 23.8. The molecule has 3 rings (SSSR count). The summed E-state index contributed by atoms with van der Waals surface area (Å²) < 4.78 is 5.43. The molecular weight excluding hydrogens is 481 g/mol. The maximum atomic E-state index is 12.1. The zero-order chi connectivity index (χ0) is 20.3. The van der Waals surface area contributed by atoms with Gasteiger partial charge in [-0.15, -0.1) is 24.0 Å². The van der Waals surface area contributed by atoms with Gasteiger partial charge in [0.25, 0.3) is 0 Å². The molecule has 1 aliphatic heterocycles. The van der Waals surface area contributed by atoms with E-state index in [-0.39, 0.29) is 30.1 Å². The highest BCUT2D eigenvalue weighted by molar-refractivity contribution is 14.0. The minimum atomic E-state index is -0.476. The standard InChI is InChI=1S/C21H31N5O2.HI/c1-15-5-6-17-16(14-24-18(17)13-15)7-8-23-19(22)25-9-11-26(12-10-25)20(27)28-21(2,3)4;/h5-6,13-14,24H,7-12H2,1-4H3,(H2,22,23);1H. The van der Waals surface area contributed by atoms with Crippen LogP contribution >= 0.6 is 24.0 Å². The summed E-state index contributed by atoms with van der Waals surface area (Å²) >= 11 is 0. The molecular formula is C21H32IN5O2. The molecule has 2 heterocycles. The smallest absolute Gasteiger partial charge is 0.410 e. The molecule has 29 heavy (non-hydrogen) atoms. The summed E-state index contributed by atoms with van der Waals surface area (Å²) in [6.45, 7) is 10.9. The molecule has 0 saturated carbocycles. The molecule has 0 bridgehead atoms. The first-order valence-electron chi connectivity index (χ1n) is 9.82. The van der Waals surface area contributed by atoms with Crippen molar-refractivity contribution in [3.63, 3.8) is 0 Å². The van der Waals surface area contributed by atoms with E-state index in [9.17, 15) is 4.79 Å². The number of guanidine groups is 1. The average Bonchev–Trinajstić information content (AvgIpc) is 3.02. The number of aromatic amines is 1. The molecule has 1 fully saturated rings. The Kier molecular flexibility index (Phi) is 7.79. The second-order valence-corrected chi connectivity index (χ2v) is 8.31. The summed E-state index contributed by atoms with van der Waals surface area (Å²) in [6.07, 6.45) is 2.62. The third kappa shape index (κ3) is 6.25. The average molecular weight is 513 g/mol. The molecule has 7 nitrogen and oxygen atoms in total. The first kappa shape index (κ1) is 23.3. The number of aromatic nitrogens is 1. The maximum Gasteiger partial charge on any atom is 0.410 e. The summed E-state index contributed by atoms with van der Waals surface area (Å²) in [6, 6.07) is 6.43. The molecule has 1 saturated heterocycles. The van der Waals surface area contributed by atoms with E-state index < -0.39 is 5.60 Å². The number of halogens is 1. The number of nitrogens with zero attached hydrogens (tertiary/aromatic N) is 3. The van der Waals surface area contributed by atoms with E-state index in [1.165, 1.54) is 16.5 Å². The van der Waals surface area contributed by atoms with E-state index >= 15 is 0 Å². The molecule has 160 valence electrons. The Morgan fingerprint density at radius 3 is 2.52 bits per heavy atom. The Morgan fingerprint density at radius 1 is 1.21 bits per heavy atom. The van der Waals surface area contributed by atoms with Gasteiger partial charge in [0.2, 0.25) is 0 Å². The van der Waals surface area contributed by atoms with Gasteiger partial charge in [-0.1, -0.05) is 12.1 Å². The van der Waals surface area contributed by atoms with Gasteiger partial charge in [-0.05, 0) is 51.3 Å². The van der Waals surface area contributed by atoms with Crippen LogP contribution in [0.3, 0.4) is 0 Å². The SMILES string of the molecule is Cc1ccc2c(CCN=C(N)N3CCN(C(=O)OC(C)(C)C)CC3)c[nH]c2c1.I. The Morgan fingerprint density at radius 2 is 1.86 bits per heavy atom. The lowest BCUT2D eigenvalue weighted by molar-refractivity contribution is 0.0186. The van der Waals surface area contributed by atoms with E-state index in [1.54, 1.807) is 4.90 Å². The molecule has 1 aromatic heterocycles. The van der Waals surface area contributed by atoms with Gasteiger partial charge in [-0.2, -0.15) is 0 Å². The second-order valence-electron chi connectivity index (χ2n) is 8.31. The van der Waals surface area contributed by atoms with Crippen molar-refractivity contribution in [3.05, 3.63) is 35.5 Å². The zero-order valence-electron chi connectivity index (χ0n) is 17.7. The molecule has 0 aliphatic carbocycles. The van der Waals surface area contributed by atoms with Crippen LogP contribution in [0.1, 0.15) is 31.9 Å². The van der Waals surface area contributed by atoms with E-state index in [1.807, 2.05) is 25.7 Å². The van der Waals surface area contributed by atoms with Crippen LogP contribution in [0.2, 0.25) is 0 Å². The van der Waals surface area contributed by atoms with Crippen molar-refractivity contribution in [2.24, 2.45) is 10.7 Å². The lowest BCUT2D eigenvalue weighted by Gasteiger charge is -2.36. The first-order valence-corrected chi connectivity index (χ1v) is 9.82. The molecule has 0 atom stereocenters. The fourth-order valence-electron chi connectivity index (χ4n) is 3.34. The number of amides is 1. The lowest BCUT2D eigenvalue weighted by Crippen LogP contribution is -2.53. The van der Waals surface area contributed by atoms with Crippen molar-refractivity contribution >= 4 is 46.9 Å². The highest BCUT2D eigenvalue weighted by Crippen LogP contribution is 2.20. The molecule has 0 unspecified atom stereocenters. The number of hydrogen-bond donors (Lipinski definition) is 2. The van der Waals surface area contributed by atoms with Gasteiger partial charge in [0.05, 0.1) is 0 Å². The Hall–Kier alpha value is -1.97. The number of aryl methyl sites for hydroxylation is 1. The topological polar surface area (TPSA) is 86.9 Å². The van der Waals surface area contributed by atoms with Gasteiger partial charge in [0, 0.05) is 49.8 Å². The number of rotatable bonds is 3. The highest BCUT2D eigenvalue weighted by Gasteiger charge is 2.26. The number of hydrogen-bond acceptors (Lipinski definition) is 3. The van der Waals surface area contributed by atoms with Crippen LogP contribution in [0.5, 0.6) is 0 Å². The fourth-order valence-corrected chi connectivity index (χ4v) is 3.34. The number of benzene rings is 1. The number of carbonyl (C=O) groups is 1. The minimum Gasteiger partial charge on any atom is -0.444 e. The van der Waals surface area contributed by atoms with Crippen LogP contribution in [0.4, 0.5) is 4.79 Å². The van der Waals surface area contributed by atoms with Gasteiger partial charge in [0.1, 0.15) is 5.60 Å². The Balaban J connectivity index is 0.00000300. The molecule has 2 aromatic rings. The minimum absolute atomic E-state index is 0. The molecule has 0 spiro atoms. The van der Waals surface area contributed by atoms with Crippen LogP contribution in [-0.2, 0) is 11.2 Å². The monoisotopic (exact) mass is 513 g/mol. The van der Waals surface area contributed by atoms with Gasteiger partial charge in [0.15, 0.2) is 5.96 Å². The third-order valence-corrected chi connectivity index (χ3v) is 4.83. The molecule has 1 amide bonds. The van der Waals surface area contributed by atoms with Crippen molar-refractivity contribution in [2.75, 3.05) is 32.7 Å². The third-order valence-electron chi connectivity index (χ3n) is 4.83. The number of fused-ring (bicyclic) bond motifs is 1. The predicted molar refractivity (Wildman–Crippen MR) is 128 cm³/mol. The number of carbonyl (C=O) groups excluding carboxylic acids is 1. The van der Waals surface area contributed by atoms with E-state index in [4.69, 9.17) is 10.5 Å². The van der Waals surface area contributed by atoms with Gasteiger partial charge < -0.3 is 25.3 Å². The zero-order valence-corrected chi connectivity index (χ0v) is 20.0. The number of nitrogens with one attached hydrogen (secondary N) is 1. The number of nitrogens with two attached hydrogens (primary N) is 1. The van der Waals surface area contributed by atoms with Gasteiger partial charge in [-0.25, -0.2) is 4.79 Å². The molecule has 1 aromatic carbocycles. The molecule has 3 N–H and O–H groups in total. The number of piperazine rings is 1. The predicted octanol–water partition coefficient (Wildman–Crippen LogP) is 3.50. The lowest BCUT2D eigenvalue weighted by atomic mass is 10.1. The van der Waals surface area contributed by atoms with Gasteiger partial charge in [-0.3, -0.25) is 4.99 Å². The van der Waals surface area contributed by atoms with Crippen LogP contribution in [-0.4, -0.2) is 65.2 Å². The van der Waals surface area contributed by atoms with Crippen LogP contribution in [0, 0.1) is 6.92 Å². The number of H-pyrrole nitrogens is 1. The van der Waals surface area contributed by atoms with E-state index in [0.29, 0.717) is 38.7 Å². The van der Waals surface area contributed by atoms with Crippen LogP contribution in [0.25, 0.3) is 10.9 Å². The van der Waals surface area contributed by atoms with Crippen molar-refractivity contribution in [1.82, 2.24) is 14.8 Å². The van der Waals surface area contributed by atoms with Crippen LogP contribution in [0.15, 0.2) is 29.4 Å². The fraction of sp³-hybridized carbons (Fsp3) is 0.524. The molecule has 8 heteroatoms. The highest BCUT2D eigenvalue weighted by atomic mass is 127. The van der Waals surface area contributed by atoms with Crippen molar-refractivity contribution in [1.29, 1.82) is 0 Å². The largest absolute Gasteiger partial charge is 0.444 e. The second kappa shape index (κ2) is 9.69. The first-order chi connectivity index (χ1) is 13.2. The summed E-state index contributed by atoms with van der Waals surface area (Å²) in [5.74, 6) is 0.541. The normalized spacial score (nSPS) is 15.4.